The fourth-order valence-electron chi connectivity index (χ4n) is 1.39. The van der Waals surface area contributed by atoms with Gasteiger partial charge in [0.15, 0.2) is 0 Å². The van der Waals surface area contributed by atoms with Gasteiger partial charge in [0.2, 0.25) is 0 Å². The van der Waals surface area contributed by atoms with Crippen LogP contribution in [0.2, 0.25) is 0 Å². The molecule has 4 nitrogen and oxygen atoms in total. The number of nitrogens with zero attached hydrogens (tertiary/aromatic N) is 2. The van der Waals surface area contributed by atoms with E-state index in [1.807, 2.05) is 13.0 Å². The molecule has 0 aliphatic heterocycles. The first-order valence-electron chi connectivity index (χ1n) is 4.33. The van der Waals surface area contributed by atoms with Crippen molar-refractivity contribution in [3.05, 3.63) is 29.6 Å². The van der Waals surface area contributed by atoms with Crippen LogP contribution in [0.3, 0.4) is 0 Å². The number of carboxylic acid groups (broad SMARTS) is 1. The maximum absolute atomic E-state index is 11.0. The van der Waals surface area contributed by atoms with E-state index in [0.717, 1.165) is 11.1 Å². The molecule has 0 radical (unpaired) electrons. The van der Waals surface area contributed by atoms with Crippen LogP contribution in [-0.4, -0.2) is 35.1 Å². The van der Waals surface area contributed by atoms with E-state index in [1.54, 1.807) is 31.4 Å². The van der Waals surface area contributed by atoms with E-state index in [-0.39, 0.29) is 0 Å². The summed E-state index contributed by atoms with van der Waals surface area (Å²) in [4.78, 5) is 16.6. The molecular formula is C10H14N2O2. The second-order valence-corrected chi connectivity index (χ2v) is 3.44. The first kappa shape index (κ1) is 10.7. The molecule has 14 heavy (non-hydrogen) atoms. The zero-order chi connectivity index (χ0) is 10.7. The highest BCUT2D eigenvalue weighted by atomic mass is 16.4. The number of hydrogen-bond acceptors (Lipinski definition) is 3. The molecule has 0 amide bonds. The number of pyridine rings is 1. The first-order valence-corrected chi connectivity index (χ1v) is 4.33. The number of carboxylic acids is 1. The minimum absolute atomic E-state index is 0.622. The molecule has 1 rings (SSSR count). The monoisotopic (exact) mass is 194 g/mol. The molecule has 0 aromatic carbocycles. The van der Waals surface area contributed by atoms with Crippen molar-refractivity contribution in [3.63, 3.8) is 0 Å². The van der Waals surface area contributed by atoms with Gasteiger partial charge < -0.3 is 5.11 Å². The van der Waals surface area contributed by atoms with E-state index in [0.29, 0.717) is 0 Å². The summed E-state index contributed by atoms with van der Waals surface area (Å²) in [6.07, 6.45) is 3.27. The van der Waals surface area contributed by atoms with Gasteiger partial charge in [-0.2, -0.15) is 0 Å². The summed E-state index contributed by atoms with van der Waals surface area (Å²) in [5.41, 5.74) is 1.69. The quantitative estimate of drug-likeness (QED) is 0.782. The van der Waals surface area contributed by atoms with Gasteiger partial charge in [-0.05, 0) is 32.6 Å². The fraction of sp³-hybridized carbons (Fsp3) is 0.400. The average molecular weight is 194 g/mol. The maximum atomic E-state index is 11.0. The summed E-state index contributed by atoms with van der Waals surface area (Å²) < 4.78 is 0. The normalized spacial score (nSPS) is 12.9. The molecule has 0 aliphatic rings. The van der Waals surface area contributed by atoms with Crippen LogP contribution in [0.25, 0.3) is 0 Å². The Kier molecular flexibility index (Phi) is 3.19. The molecular weight excluding hydrogens is 180 g/mol. The highest BCUT2D eigenvalue weighted by molar-refractivity contribution is 5.75. The SMILES string of the molecule is Cc1ccncc1C(C(=O)O)N(C)C. The number of likely N-dealkylation sites (N-methyl/N-ethyl adjacent to an activating group) is 1. The Morgan fingerprint density at radius 1 is 1.57 bits per heavy atom. The lowest BCUT2D eigenvalue weighted by Gasteiger charge is -2.21. The van der Waals surface area contributed by atoms with Gasteiger partial charge in [0.1, 0.15) is 6.04 Å². The lowest BCUT2D eigenvalue weighted by molar-refractivity contribution is -0.142. The van der Waals surface area contributed by atoms with Crippen molar-refractivity contribution in [3.8, 4) is 0 Å². The van der Waals surface area contributed by atoms with Gasteiger partial charge in [-0.3, -0.25) is 14.7 Å². The molecule has 1 aromatic heterocycles. The van der Waals surface area contributed by atoms with Crippen molar-refractivity contribution < 1.29 is 9.90 Å². The van der Waals surface area contributed by atoms with Crippen LogP contribution in [0, 0.1) is 6.92 Å². The lowest BCUT2D eigenvalue weighted by atomic mass is 10.0. The Labute approximate surface area is 83.2 Å². The lowest BCUT2D eigenvalue weighted by Crippen LogP contribution is -2.28. The highest BCUT2D eigenvalue weighted by Crippen LogP contribution is 2.20. The van der Waals surface area contributed by atoms with Gasteiger partial charge in [0, 0.05) is 18.0 Å². The molecule has 0 saturated heterocycles. The molecule has 0 bridgehead atoms. The Bertz CT molecular complexity index is 337. The summed E-state index contributed by atoms with van der Waals surface area (Å²) in [6.45, 7) is 1.89. The molecule has 1 atom stereocenters. The van der Waals surface area contributed by atoms with Crippen LogP contribution in [0.4, 0.5) is 0 Å². The average Bonchev–Trinajstić information content (AvgIpc) is 2.07. The highest BCUT2D eigenvalue weighted by Gasteiger charge is 2.23. The molecule has 0 fully saturated rings. The fourth-order valence-corrected chi connectivity index (χ4v) is 1.39. The molecule has 1 unspecified atom stereocenters. The van der Waals surface area contributed by atoms with Crippen molar-refractivity contribution in [1.29, 1.82) is 0 Å². The number of carbonyl (C=O) groups is 1. The molecule has 1 aromatic rings. The van der Waals surface area contributed by atoms with E-state index in [1.165, 1.54) is 0 Å². The minimum atomic E-state index is -0.855. The topological polar surface area (TPSA) is 53.4 Å². The summed E-state index contributed by atoms with van der Waals surface area (Å²) in [5.74, 6) is -0.855. The Balaban J connectivity index is 3.12. The van der Waals surface area contributed by atoms with Crippen LogP contribution in [0.15, 0.2) is 18.5 Å². The third-order valence-corrected chi connectivity index (χ3v) is 2.12. The zero-order valence-electron chi connectivity index (χ0n) is 8.56. The van der Waals surface area contributed by atoms with Gasteiger partial charge in [-0.15, -0.1) is 0 Å². The Hall–Kier alpha value is -1.42. The van der Waals surface area contributed by atoms with E-state index in [9.17, 15) is 4.79 Å². The van der Waals surface area contributed by atoms with E-state index in [2.05, 4.69) is 4.98 Å². The largest absolute Gasteiger partial charge is 0.480 e. The summed E-state index contributed by atoms with van der Waals surface area (Å²) in [5, 5.41) is 9.05. The predicted molar refractivity (Wildman–Crippen MR) is 53.0 cm³/mol. The van der Waals surface area contributed by atoms with Crippen molar-refractivity contribution in [2.75, 3.05) is 14.1 Å². The molecule has 0 saturated carbocycles. The summed E-state index contributed by atoms with van der Waals surface area (Å²) in [7, 11) is 3.48. The third kappa shape index (κ3) is 2.09. The van der Waals surface area contributed by atoms with Gasteiger partial charge in [0.25, 0.3) is 0 Å². The minimum Gasteiger partial charge on any atom is -0.480 e. The Morgan fingerprint density at radius 2 is 2.21 bits per heavy atom. The summed E-state index contributed by atoms with van der Waals surface area (Å²) >= 11 is 0. The van der Waals surface area contributed by atoms with Crippen molar-refractivity contribution >= 4 is 5.97 Å². The van der Waals surface area contributed by atoms with Crippen molar-refractivity contribution in [1.82, 2.24) is 9.88 Å². The number of aliphatic carboxylic acids is 1. The van der Waals surface area contributed by atoms with E-state index >= 15 is 0 Å². The number of aromatic nitrogens is 1. The summed E-state index contributed by atoms with van der Waals surface area (Å²) in [6, 6.07) is 1.19. The van der Waals surface area contributed by atoms with Gasteiger partial charge in [-0.1, -0.05) is 0 Å². The standard InChI is InChI=1S/C10H14N2O2/c1-7-4-5-11-6-8(7)9(10(13)14)12(2)3/h4-6,9H,1-3H3,(H,13,14). The molecule has 0 spiro atoms. The number of hydrogen-bond donors (Lipinski definition) is 1. The second kappa shape index (κ2) is 4.19. The number of aryl methyl sites for hydroxylation is 1. The molecule has 4 heteroatoms. The van der Waals surface area contributed by atoms with Crippen LogP contribution in [0.5, 0.6) is 0 Å². The van der Waals surface area contributed by atoms with Gasteiger partial charge >= 0.3 is 5.97 Å². The molecule has 0 aliphatic carbocycles. The van der Waals surface area contributed by atoms with Gasteiger partial charge in [-0.25, -0.2) is 0 Å². The van der Waals surface area contributed by atoms with E-state index < -0.39 is 12.0 Å². The predicted octanol–water partition coefficient (Wildman–Crippen LogP) is 1.08. The van der Waals surface area contributed by atoms with E-state index in [4.69, 9.17) is 5.11 Å². The van der Waals surface area contributed by atoms with Crippen LogP contribution < -0.4 is 0 Å². The number of rotatable bonds is 3. The smallest absolute Gasteiger partial charge is 0.325 e. The van der Waals surface area contributed by atoms with Crippen molar-refractivity contribution in [2.24, 2.45) is 0 Å². The van der Waals surface area contributed by atoms with Gasteiger partial charge in [0.05, 0.1) is 0 Å². The van der Waals surface area contributed by atoms with Crippen LogP contribution in [-0.2, 0) is 4.79 Å². The second-order valence-electron chi connectivity index (χ2n) is 3.44. The maximum Gasteiger partial charge on any atom is 0.325 e. The molecule has 76 valence electrons. The first-order chi connectivity index (χ1) is 6.54. The molecule has 1 N–H and O–H groups in total. The van der Waals surface area contributed by atoms with Crippen molar-refractivity contribution in [2.45, 2.75) is 13.0 Å². The van der Waals surface area contributed by atoms with Crippen LogP contribution in [0.1, 0.15) is 17.2 Å². The third-order valence-electron chi connectivity index (χ3n) is 2.12. The zero-order valence-corrected chi connectivity index (χ0v) is 8.56. The Morgan fingerprint density at radius 3 is 2.64 bits per heavy atom. The van der Waals surface area contributed by atoms with Crippen LogP contribution >= 0.6 is 0 Å². The molecule has 1 heterocycles.